The van der Waals surface area contributed by atoms with Crippen molar-refractivity contribution in [2.45, 2.75) is 26.3 Å². The van der Waals surface area contributed by atoms with E-state index in [0.29, 0.717) is 12.0 Å². The lowest BCUT2D eigenvalue weighted by Crippen LogP contribution is -2.42. The van der Waals surface area contributed by atoms with Crippen LogP contribution in [0.25, 0.3) is 0 Å². The molecule has 6 heteroatoms. The zero-order valence-electron chi connectivity index (χ0n) is 12.5. The Kier molecular flexibility index (Phi) is 6.14. The van der Waals surface area contributed by atoms with Gasteiger partial charge >= 0.3 is 12.0 Å². The Balaban J connectivity index is 2.66. The molecule has 0 saturated heterocycles. The third kappa shape index (κ3) is 4.44. The average Bonchev–Trinajstić information content (AvgIpc) is 2.46. The van der Waals surface area contributed by atoms with Crippen molar-refractivity contribution in [3.63, 3.8) is 0 Å². The summed E-state index contributed by atoms with van der Waals surface area (Å²) in [6.45, 7) is 3.52. The summed E-state index contributed by atoms with van der Waals surface area (Å²) in [7, 11) is 1.55. The Bertz CT molecular complexity index is 507. The number of halogens is 1. The molecule has 1 aromatic rings. The SMILES string of the molecule is CCC(CNC(=O)N(C)C(C)c1ccccc1F)C(=O)O. The third-order valence-corrected chi connectivity index (χ3v) is 3.60. The van der Waals surface area contributed by atoms with Gasteiger partial charge in [0, 0.05) is 19.2 Å². The number of benzene rings is 1. The van der Waals surface area contributed by atoms with Crippen molar-refractivity contribution < 1.29 is 19.1 Å². The summed E-state index contributed by atoms with van der Waals surface area (Å²) in [5.74, 6) is -1.93. The zero-order valence-corrected chi connectivity index (χ0v) is 12.5. The van der Waals surface area contributed by atoms with Gasteiger partial charge < -0.3 is 15.3 Å². The molecule has 0 aliphatic carbocycles. The number of amides is 2. The summed E-state index contributed by atoms with van der Waals surface area (Å²) in [6.07, 6.45) is 0.433. The smallest absolute Gasteiger partial charge is 0.317 e. The van der Waals surface area contributed by atoms with Crippen molar-refractivity contribution in [2.24, 2.45) is 5.92 Å². The molecular formula is C15H21FN2O3. The van der Waals surface area contributed by atoms with Gasteiger partial charge in [0.05, 0.1) is 12.0 Å². The first kappa shape index (κ1) is 16.9. The minimum atomic E-state index is -0.942. The first-order chi connectivity index (χ1) is 9.88. The molecule has 5 nitrogen and oxygen atoms in total. The van der Waals surface area contributed by atoms with Crippen molar-refractivity contribution in [3.05, 3.63) is 35.6 Å². The minimum Gasteiger partial charge on any atom is -0.481 e. The Hall–Kier alpha value is -2.11. The second kappa shape index (κ2) is 7.61. The van der Waals surface area contributed by atoms with Crippen LogP contribution in [0.2, 0.25) is 0 Å². The number of nitrogens with zero attached hydrogens (tertiary/aromatic N) is 1. The number of rotatable bonds is 6. The molecule has 0 radical (unpaired) electrons. The Morgan fingerprint density at radius 3 is 2.52 bits per heavy atom. The molecule has 1 rings (SSSR count). The van der Waals surface area contributed by atoms with Gasteiger partial charge in [-0.25, -0.2) is 9.18 Å². The molecule has 2 N–H and O–H groups in total. The first-order valence-corrected chi connectivity index (χ1v) is 6.86. The third-order valence-electron chi connectivity index (χ3n) is 3.60. The van der Waals surface area contributed by atoms with Crippen LogP contribution in [0.4, 0.5) is 9.18 Å². The summed E-state index contributed by atoms with van der Waals surface area (Å²) >= 11 is 0. The summed E-state index contributed by atoms with van der Waals surface area (Å²) in [6, 6.07) is 5.38. The highest BCUT2D eigenvalue weighted by atomic mass is 19.1. The van der Waals surface area contributed by atoms with Crippen molar-refractivity contribution in [1.29, 1.82) is 0 Å². The molecule has 2 atom stereocenters. The van der Waals surface area contributed by atoms with Crippen molar-refractivity contribution in [2.75, 3.05) is 13.6 Å². The van der Waals surface area contributed by atoms with E-state index in [0.717, 1.165) is 0 Å². The highest BCUT2D eigenvalue weighted by Crippen LogP contribution is 2.21. The predicted molar refractivity (Wildman–Crippen MR) is 77.4 cm³/mol. The van der Waals surface area contributed by atoms with E-state index in [-0.39, 0.29) is 12.4 Å². The van der Waals surface area contributed by atoms with Gasteiger partial charge in [-0.1, -0.05) is 25.1 Å². The fourth-order valence-electron chi connectivity index (χ4n) is 1.94. The Morgan fingerprint density at radius 1 is 1.38 bits per heavy atom. The van der Waals surface area contributed by atoms with Crippen LogP contribution in [0.15, 0.2) is 24.3 Å². The molecule has 0 spiro atoms. The fourth-order valence-corrected chi connectivity index (χ4v) is 1.94. The summed E-state index contributed by atoms with van der Waals surface area (Å²) in [5, 5.41) is 11.5. The number of carboxylic acid groups (broad SMARTS) is 1. The lowest BCUT2D eigenvalue weighted by molar-refractivity contribution is -0.141. The molecule has 0 aliphatic rings. The van der Waals surface area contributed by atoms with E-state index >= 15 is 0 Å². The van der Waals surface area contributed by atoms with E-state index in [4.69, 9.17) is 5.11 Å². The van der Waals surface area contributed by atoms with E-state index in [1.807, 2.05) is 0 Å². The highest BCUT2D eigenvalue weighted by Gasteiger charge is 2.22. The number of carbonyl (C=O) groups is 2. The Morgan fingerprint density at radius 2 is 2.00 bits per heavy atom. The molecule has 21 heavy (non-hydrogen) atoms. The molecule has 0 heterocycles. The van der Waals surface area contributed by atoms with Crippen LogP contribution in [0.3, 0.4) is 0 Å². The topological polar surface area (TPSA) is 69.6 Å². The van der Waals surface area contributed by atoms with Crippen molar-refractivity contribution in [1.82, 2.24) is 10.2 Å². The summed E-state index contributed by atoms with van der Waals surface area (Å²) in [4.78, 5) is 24.3. The molecular weight excluding hydrogens is 275 g/mol. The van der Waals surface area contributed by atoms with Gasteiger partial charge in [-0.05, 0) is 19.4 Å². The van der Waals surface area contributed by atoms with Gasteiger partial charge in [0.2, 0.25) is 0 Å². The maximum atomic E-state index is 13.7. The normalized spacial score (nSPS) is 13.3. The van der Waals surface area contributed by atoms with Gasteiger partial charge in [0.15, 0.2) is 0 Å². The van der Waals surface area contributed by atoms with E-state index in [1.54, 1.807) is 39.1 Å². The number of carboxylic acids is 1. The van der Waals surface area contributed by atoms with Crippen LogP contribution in [0.5, 0.6) is 0 Å². The van der Waals surface area contributed by atoms with Crippen molar-refractivity contribution in [3.8, 4) is 0 Å². The maximum Gasteiger partial charge on any atom is 0.317 e. The van der Waals surface area contributed by atoms with Gasteiger partial charge in [0.1, 0.15) is 5.82 Å². The molecule has 2 amide bonds. The molecule has 0 aromatic heterocycles. The molecule has 0 fully saturated rings. The molecule has 1 aromatic carbocycles. The van der Waals surface area contributed by atoms with Gasteiger partial charge in [-0.2, -0.15) is 0 Å². The van der Waals surface area contributed by atoms with E-state index in [2.05, 4.69) is 5.32 Å². The largest absolute Gasteiger partial charge is 0.481 e. The maximum absolute atomic E-state index is 13.7. The summed E-state index contributed by atoms with van der Waals surface area (Å²) in [5.41, 5.74) is 0.417. The van der Waals surface area contributed by atoms with Crippen LogP contribution >= 0.6 is 0 Å². The molecule has 2 unspecified atom stereocenters. The Labute approximate surface area is 123 Å². The average molecular weight is 296 g/mol. The molecule has 116 valence electrons. The van der Waals surface area contributed by atoms with Crippen molar-refractivity contribution >= 4 is 12.0 Å². The lowest BCUT2D eigenvalue weighted by atomic mass is 10.1. The fraction of sp³-hybridized carbons (Fsp3) is 0.467. The zero-order chi connectivity index (χ0) is 16.0. The standard InChI is InChI=1S/C15H21FN2O3/c1-4-11(14(19)20)9-17-15(21)18(3)10(2)12-7-5-6-8-13(12)16/h5-8,10-11H,4,9H2,1-3H3,(H,17,21)(H,19,20). The highest BCUT2D eigenvalue weighted by molar-refractivity contribution is 5.76. The van der Waals surface area contributed by atoms with E-state index in [1.165, 1.54) is 11.0 Å². The minimum absolute atomic E-state index is 0.0546. The number of carbonyl (C=O) groups excluding carboxylic acids is 1. The first-order valence-electron chi connectivity index (χ1n) is 6.86. The lowest BCUT2D eigenvalue weighted by Gasteiger charge is -2.26. The number of nitrogens with one attached hydrogen (secondary N) is 1. The van der Waals surface area contributed by atoms with Gasteiger partial charge in [-0.15, -0.1) is 0 Å². The molecule has 0 bridgehead atoms. The number of aliphatic carboxylic acids is 1. The van der Waals surface area contributed by atoms with Crippen LogP contribution in [-0.2, 0) is 4.79 Å². The second-order valence-corrected chi connectivity index (χ2v) is 4.94. The second-order valence-electron chi connectivity index (χ2n) is 4.94. The molecule has 0 saturated carbocycles. The van der Waals surface area contributed by atoms with Crippen LogP contribution < -0.4 is 5.32 Å². The number of hydrogen-bond donors (Lipinski definition) is 2. The van der Waals surface area contributed by atoms with E-state index in [9.17, 15) is 14.0 Å². The van der Waals surface area contributed by atoms with Crippen LogP contribution in [-0.4, -0.2) is 35.6 Å². The van der Waals surface area contributed by atoms with Crippen LogP contribution in [0.1, 0.15) is 31.9 Å². The molecule has 0 aliphatic heterocycles. The van der Waals surface area contributed by atoms with Crippen LogP contribution in [0, 0.1) is 11.7 Å². The van der Waals surface area contributed by atoms with E-state index < -0.39 is 24.0 Å². The summed E-state index contributed by atoms with van der Waals surface area (Å²) < 4.78 is 13.7. The quantitative estimate of drug-likeness (QED) is 0.848. The monoisotopic (exact) mass is 296 g/mol. The predicted octanol–water partition coefficient (Wildman–Crippen LogP) is 2.64. The number of urea groups is 1. The van der Waals surface area contributed by atoms with Gasteiger partial charge in [-0.3, -0.25) is 4.79 Å². The van der Waals surface area contributed by atoms with Gasteiger partial charge in [0.25, 0.3) is 0 Å². The number of hydrogen-bond acceptors (Lipinski definition) is 2.